The average molecular weight is 388 g/mol. The van der Waals surface area contributed by atoms with E-state index in [0.717, 1.165) is 18.4 Å². The Labute approximate surface area is 162 Å². The van der Waals surface area contributed by atoms with Crippen LogP contribution in [-0.4, -0.2) is 40.1 Å². The predicted molar refractivity (Wildman–Crippen MR) is 108 cm³/mol. The summed E-state index contributed by atoms with van der Waals surface area (Å²) in [6, 6.07) is 7.40. The average Bonchev–Trinajstić information content (AvgIpc) is 3.03. The molecule has 7 nitrogen and oxygen atoms in total. The number of hydrogen-bond donors (Lipinski definition) is 3. The summed E-state index contributed by atoms with van der Waals surface area (Å²) < 4.78 is 0. The summed E-state index contributed by atoms with van der Waals surface area (Å²) >= 11 is 1.31. The van der Waals surface area contributed by atoms with E-state index >= 15 is 0 Å². The van der Waals surface area contributed by atoms with E-state index in [2.05, 4.69) is 16.9 Å². The van der Waals surface area contributed by atoms with Gasteiger partial charge >= 0.3 is 6.09 Å². The SMILES string of the molecule is C=CCCCN(CCc1ccc(NC(=O)Cc2csc(N)n2)cc1)C(=O)O. The first-order chi connectivity index (χ1) is 13.0. The Morgan fingerprint density at radius 3 is 2.63 bits per heavy atom. The number of nitrogens with two attached hydrogens (primary N) is 1. The molecule has 0 bridgehead atoms. The van der Waals surface area contributed by atoms with Gasteiger partial charge in [-0.1, -0.05) is 18.2 Å². The number of hydrogen-bond acceptors (Lipinski definition) is 5. The van der Waals surface area contributed by atoms with E-state index in [-0.39, 0.29) is 12.3 Å². The van der Waals surface area contributed by atoms with Crippen LogP contribution in [0.4, 0.5) is 15.6 Å². The Morgan fingerprint density at radius 2 is 2.04 bits per heavy atom. The summed E-state index contributed by atoms with van der Waals surface area (Å²) in [6.45, 7) is 4.58. The van der Waals surface area contributed by atoms with E-state index in [4.69, 9.17) is 5.73 Å². The number of allylic oxidation sites excluding steroid dienone is 1. The smallest absolute Gasteiger partial charge is 0.407 e. The number of nitrogens with one attached hydrogen (secondary N) is 1. The van der Waals surface area contributed by atoms with Crippen LogP contribution in [0.15, 0.2) is 42.3 Å². The molecule has 1 aromatic heterocycles. The third kappa shape index (κ3) is 7.10. The fourth-order valence-electron chi connectivity index (χ4n) is 2.52. The van der Waals surface area contributed by atoms with Gasteiger partial charge in [-0.05, 0) is 37.0 Å². The number of thiazole rings is 1. The highest BCUT2D eigenvalue weighted by molar-refractivity contribution is 7.13. The standard InChI is InChI=1S/C19H24N4O3S/c1-2-3-4-10-23(19(25)26)11-9-14-5-7-15(8-6-14)21-17(24)12-16-13-27-18(20)22-16/h2,5-8,13H,1,3-4,9-12H2,(H2,20,22)(H,21,24)(H,25,26). The topological polar surface area (TPSA) is 109 Å². The summed E-state index contributed by atoms with van der Waals surface area (Å²) in [5.74, 6) is -0.160. The highest BCUT2D eigenvalue weighted by Crippen LogP contribution is 2.14. The van der Waals surface area contributed by atoms with Gasteiger partial charge in [-0.25, -0.2) is 9.78 Å². The highest BCUT2D eigenvalue weighted by atomic mass is 32.1. The molecule has 2 rings (SSSR count). The molecule has 8 heteroatoms. The number of aromatic nitrogens is 1. The molecule has 144 valence electrons. The molecule has 0 unspecified atom stereocenters. The van der Waals surface area contributed by atoms with Crippen LogP contribution < -0.4 is 11.1 Å². The third-order valence-electron chi connectivity index (χ3n) is 3.93. The lowest BCUT2D eigenvalue weighted by molar-refractivity contribution is -0.115. The van der Waals surface area contributed by atoms with Gasteiger partial charge in [0.2, 0.25) is 5.91 Å². The van der Waals surface area contributed by atoms with Gasteiger partial charge in [-0.3, -0.25) is 4.79 Å². The zero-order valence-corrected chi connectivity index (χ0v) is 15.9. The van der Waals surface area contributed by atoms with Crippen LogP contribution in [0.25, 0.3) is 0 Å². The van der Waals surface area contributed by atoms with Gasteiger partial charge in [-0.15, -0.1) is 17.9 Å². The number of carboxylic acid groups (broad SMARTS) is 1. The largest absolute Gasteiger partial charge is 0.465 e. The minimum Gasteiger partial charge on any atom is -0.465 e. The molecule has 0 saturated heterocycles. The van der Waals surface area contributed by atoms with Crippen molar-refractivity contribution in [2.24, 2.45) is 0 Å². The van der Waals surface area contributed by atoms with Crippen molar-refractivity contribution in [1.82, 2.24) is 9.88 Å². The second kappa shape index (κ2) is 10.3. The molecule has 0 saturated carbocycles. The molecular weight excluding hydrogens is 364 g/mol. The normalized spacial score (nSPS) is 10.4. The molecule has 27 heavy (non-hydrogen) atoms. The number of amides is 2. The second-order valence-electron chi connectivity index (χ2n) is 6.05. The second-order valence-corrected chi connectivity index (χ2v) is 6.94. The minimum absolute atomic E-state index is 0.160. The first-order valence-corrected chi connectivity index (χ1v) is 9.53. The lowest BCUT2D eigenvalue weighted by atomic mass is 10.1. The van der Waals surface area contributed by atoms with Gasteiger partial charge in [0.1, 0.15) is 0 Å². The first-order valence-electron chi connectivity index (χ1n) is 8.65. The van der Waals surface area contributed by atoms with Crippen molar-refractivity contribution in [1.29, 1.82) is 0 Å². The van der Waals surface area contributed by atoms with Crippen LogP contribution in [0.1, 0.15) is 24.1 Å². The molecule has 0 spiro atoms. The number of carbonyl (C=O) groups is 2. The van der Waals surface area contributed by atoms with Crippen molar-refractivity contribution in [3.05, 3.63) is 53.6 Å². The van der Waals surface area contributed by atoms with Crippen LogP contribution >= 0.6 is 11.3 Å². The number of rotatable bonds is 10. The molecule has 0 atom stereocenters. The Morgan fingerprint density at radius 1 is 1.30 bits per heavy atom. The number of benzene rings is 1. The van der Waals surface area contributed by atoms with Crippen LogP contribution in [-0.2, 0) is 17.6 Å². The number of unbranched alkanes of at least 4 members (excludes halogenated alkanes) is 1. The molecule has 0 aliphatic carbocycles. The van der Waals surface area contributed by atoms with Crippen LogP contribution in [0.5, 0.6) is 0 Å². The van der Waals surface area contributed by atoms with Crippen molar-refractivity contribution in [3.63, 3.8) is 0 Å². The number of anilines is 2. The summed E-state index contributed by atoms with van der Waals surface area (Å²) in [5.41, 5.74) is 7.90. The molecule has 2 aromatic rings. The maximum Gasteiger partial charge on any atom is 0.407 e. The molecule has 0 radical (unpaired) electrons. The summed E-state index contributed by atoms with van der Waals surface area (Å²) in [5, 5.41) is 14.3. The molecule has 0 fully saturated rings. The Balaban J connectivity index is 1.82. The van der Waals surface area contributed by atoms with Gasteiger partial charge in [0.05, 0.1) is 12.1 Å². The maximum atomic E-state index is 12.0. The zero-order chi connectivity index (χ0) is 19.6. The zero-order valence-electron chi connectivity index (χ0n) is 15.1. The highest BCUT2D eigenvalue weighted by Gasteiger charge is 2.11. The van der Waals surface area contributed by atoms with Gasteiger partial charge < -0.3 is 21.1 Å². The van der Waals surface area contributed by atoms with Crippen molar-refractivity contribution in [3.8, 4) is 0 Å². The van der Waals surface area contributed by atoms with Crippen molar-refractivity contribution in [2.75, 3.05) is 24.1 Å². The van der Waals surface area contributed by atoms with Gasteiger partial charge in [0, 0.05) is 24.2 Å². The Kier molecular flexibility index (Phi) is 7.81. The number of nitrogens with zero attached hydrogens (tertiary/aromatic N) is 2. The monoisotopic (exact) mass is 388 g/mol. The fraction of sp³-hybridized carbons (Fsp3) is 0.316. The van der Waals surface area contributed by atoms with Gasteiger partial charge in [0.15, 0.2) is 5.13 Å². The molecule has 0 aliphatic heterocycles. The third-order valence-corrected chi connectivity index (χ3v) is 4.65. The van der Waals surface area contributed by atoms with Gasteiger partial charge in [0.25, 0.3) is 0 Å². The van der Waals surface area contributed by atoms with Crippen LogP contribution in [0.2, 0.25) is 0 Å². The van der Waals surface area contributed by atoms with Crippen LogP contribution in [0.3, 0.4) is 0 Å². The molecule has 1 aromatic carbocycles. The van der Waals surface area contributed by atoms with E-state index < -0.39 is 6.09 Å². The molecule has 1 heterocycles. The molecule has 2 amide bonds. The van der Waals surface area contributed by atoms with E-state index in [9.17, 15) is 14.7 Å². The fourth-order valence-corrected chi connectivity index (χ4v) is 3.08. The van der Waals surface area contributed by atoms with Crippen LogP contribution in [0, 0.1) is 0 Å². The Bertz CT molecular complexity index is 774. The lowest BCUT2D eigenvalue weighted by Crippen LogP contribution is -2.32. The predicted octanol–water partition coefficient (Wildman–Crippen LogP) is 3.40. The number of carbonyl (C=O) groups excluding carboxylic acids is 1. The van der Waals surface area contributed by atoms with Gasteiger partial charge in [-0.2, -0.15) is 0 Å². The van der Waals surface area contributed by atoms with E-state index in [1.54, 1.807) is 11.5 Å². The van der Waals surface area contributed by atoms with Crippen molar-refractivity contribution in [2.45, 2.75) is 25.7 Å². The van der Waals surface area contributed by atoms with E-state index in [1.165, 1.54) is 16.2 Å². The molecular formula is C19H24N4O3S. The first kappa shape index (κ1) is 20.4. The number of nitrogen functional groups attached to an aromatic ring is 1. The van der Waals surface area contributed by atoms with Crippen molar-refractivity contribution >= 4 is 34.2 Å². The van der Waals surface area contributed by atoms with E-state index in [1.807, 2.05) is 24.3 Å². The quantitative estimate of drug-likeness (QED) is 0.427. The molecule has 4 N–H and O–H groups in total. The summed E-state index contributed by atoms with van der Waals surface area (Å²) in [6.07, 6.45) is 3.24. The van der Waals surface area contributed by atoms with Crippen molar-refractivity contribution < 1.29 is 14.7 Å². The lowest BCUT2D eigenvalue weighted by Gasteiger charge is -2.18. The Hall–Kier alpha value is -2.87. The van der Waals surface area contributed by atoms with E-state index in [0.29, 0.717) is 36.0 Å². The maximum absolute atomic E-state index is 12.0. The summed E-state index contributed by atoms with van der Waals surface area (Å²) in [4.78, 5) is 28.8. The minimum atomic E-state index is -0.911. The summed E-state index contributed by atoms with van der Waals surface area (Å²) in [7, 11) is 0. The molecule has 0 aliphatic rings.